The van der Waals surface area contributed by atoms with E-state index in [1.54, 1.807) is 0 Å². The second-order valence-electron chi connectivity index (χ2n) is 7.15. The fourth-order valence-electron chi connectivity index (χ4n) is 3.28. The first-order chi connectivity index (χ1) is 10.8. The molecule has 3 fully saturated rings. The molecule has 4 rings (SSSR count). The SMILES string of the molecule is CN(CC1CC1)CC1CN(c2ccnc(C3CC3)n2)CCO1. The molecule has 5 nitrogen and oxygen atoms in total. The van der Waals surface area contributed by atoms with Crippen molar-refractivity contribution < 1.29 is 4.74 Å². The molecule has 3 aliphatic rings. The maximum Gasteiger partial charge on any atom is 0.133 e. The van der Waals surface area contributed by atoms with E-state index in [4.69, 9.17) is 9.72 Å². The summed E-state index contributed by atoms with van der Waals surface area (Å²) in [6, 6.07) is 2.04. The Kier molecular flexibility index (Phi) is 4.01. The third-order valence-electron chi connectivity index (χ3n) is 4.85. The number of hydrogen-bond acceptors (Lipinski definition) is 5. The molecule has 1 aromatic heterocycles. The molecule has 1 unspecified atom stereocenters. The number of morpholine rings is 1. The summed E-state index contributed by atoms with van der Waals surface area (Å²) in [5, 5.41) is 0. The van der Waals surface area contributed by atoms with Crippen molar-refractivity contribution in [3.05, 3.63) is 18.1 Å². The molecule has 1 atom stereocenters. The second-order valence-corrected chi connectivity index (χ2v) is 7.15. The number of nitrogens with zero attached hydrogens (tertiary/aromatic N) is 4. The Balaban J connectivity index is 1.36. The van der Waals surface area contributed by atoms with Gasteiger partial charge in [0.15, 0.2) is 0 Å². The van der Waals surface area contributed by atoms with Crippen molar-refractivity contribution in [2.45, 2.75) is 37.7 Å². The zero-order valence-corrected chi connectivity index (χ0v) is 13.4. The summed E-state index contributed by atoms with van der Waals surface area (Å²) in [6.45, 7) is 4.91. The molecule has 1 aliphatic heterocycles. The number of ether oxygens (including phenoxy) is 1. The van der Waals surface area contributed by atoms with Gasteiger partial charge in [-0.05, 0) is 44.7 Å². The number of aromatic nitrogens is 2. The molecule has 0 aromatic carbocycles. The summed E-state index contributed by atoms with van der Waals surface area (Å²) in [7, 11) is 2.22. The fourth-order valence-corrected chi connectivity index (χ4v) is 3.28. The van der Waals surface area contributed by atoms with Crippen LogP contribution in [0.1, 0.15) is 37.4 Å². The Morgan fingerprint density at radius 1 is 1.27 bits per heavy atom. The van der Waals surface area contributed by atoms with Gasteiger partial charge in [-0.25, -0.2) is 9.97 Å². The summed E-state index contributed by atoms with van der Waals surface area (Å²) >= 11 is 0. The summed E-state index contributed by atoms with van der Waals surface area (Å²) in [5.74, 6) is 3.66. The van der Waals surface area contributed by atoms with Gasteiger partial charge in [-0.3, -0.25) is 0 Å². The van der Waals surface area contributed by atoms with Crippen LogP contribution in [0.15, 0.2) is 12.3 Å². The van der Waals surface area contributed by atoms with Crippen LogP contribution in [-0.4, -0.2) is 60.8 Å². The van der Waals surface area contributed by atoms with Crippen LogP contribution >= 0.6 is 0 Å². The molecule has 0 amide bonds. The Hall–Kier alpha value is -1.20. The number of rotatable bonds is 6. The first-order valence-corrected chi connectivity index (χ1v) is 8.66. The molecule has 0 bridgehead atoms. The van der Waals surface area contributed by atoms with Gasteiger partial charge in [0.05, 0.1) is 12.7 Å². The van der Waals surface area contributed by atoms with E-state index in [-0.39, 0.29) is 6.10 Å². The van der Waals surface area contributed by atoms with Gasteiger partial charge < -0.3 is 14.5 Å². The van der Waals surface area contributed by atoms with Crippen molar-refractivity contribution in [2.75, 3.05) is 44.7 Å². The van der Waals surface area contributed by atoms with Gasteiger partial charge in [-0.1, -0.05) is 0 Å². The molecule has 2 heterocycles. The maximum absolute atomic E-state index is 5.97. The standard InChI is InChI=1S/C17H26N4O/c1-20(10-13-2-3-13)11-15-12-21(8-9-22-15)16-6-7-18-17(19-16)14-4-5-14/h6-7,13-15H,2-5,8-12H2,1H3. The van der Waals surface area contributed by atoms with Gasteiger partial charge in [-0.15, -0.1) is 0 Å². The predicted molar refractivity (Wildman–Crippen MR) is 86.2 cm³/mol. The largest absolute Gasteiger partial charge is 0.373 e. The van der Waals surface area contributed by atoms with Gasteiger partial charge >= 0.3 is 0 Å². The van der Waals surface area contributed by atoms with E-state index in [0.29, 0.717) is 5.92 Å². The number of hydrogen-bond donors (Lipinski definition) is 0. The number of likely N-dealkylation sites (N-methyl/N-ethyl adjacent to an activating group) is 1. The normalized spacial score (nSPS) is 25.7. The highest BCUT2D eigenvalue weighted by Gasteiger charge is 2.29. The van der Waals surface area contributed by atoms with Crippen LogP contribution in [-0.2, 0) is 4.74 Å². The summed E-state index contributed by atoms with van der Waals surface area (Å²) in [4.78, 5) is 14.0. The molecule has 0 spiro atoms. The summed E-state index contributed by atoms with van der Waals surface area (Å²) < 4.78 is 5.97. The monoisotopic (exact) mass is 302 g/mol. The third-order valence-corrected chi connectivity index (χ3v) is 4.85. The van der Waals surface area contributed by atoms with Gasteiger partial charge in [0.25, 0.3) is 0 Å². The summed E-state index contributed by atoms with van der Waals surface area (Å²) in [6.07, 6.45) is 7.53. The minimum absolute atomic E-state index is 0.289. The van der Waals surface area contributed by atoms with E-state index in [2.05, 4.69) is 21.8 Å². The average molecular weight is 302 g/mol. The van der Waals surface area contributed by atoms with Crippen molar-refractivity contribution in [1.29, 1.82) is 0 Å². The molecule has 1 aromatic rings. The molecule has 0 radical (unpaired) electrons. The third kappa shape index (κ3) is 3.58. The average Bonchev–Trinajstić information content (AvgIpc) is 3.41. The van der Waals surface area contributed by atoms with Crippen LogP contribution in [0.2, 0.25) is 0 Å². The highest BCUT2D eigenvalue weighted by molar-refractivity contribution is 5.38. The van der Waals surface area contributed by atoms with Crippen LogP contribution < -0.4 is 4.90 Å². The Morgan fingerprint density at radius 3 is 2.91 bits per heavy atom. The predicted octanol–water partition coefficient (Wildman–Crippen LogP) is 1.90. The highest BCUT2D eigenvalue weighted by Crippen LogP contribution is 2.38. The van der Waals surface area contributed by atoms with Crippen LogP contribution in [0.4, 0.5) is 5.82 Å². The highest BCUT2D eigenvalue weighted by atomic mass is 16.5. The maximum atomic E-state index is 5.97. The van der Waals surface area contributed by atoms with Crippen LogP contribution in [0, 0.1) is 5.92 Å². The summed E-state index contributed by atoms with van der Waals surface area (Å²) in [5.41, 5.74) is 0. The first kappa shape index (κ1) is 14.4. The molecule has 22 heavy (non-hydrogen) atoms. The molecule has 5 heteroatoms. The van der Waals surface area contributed by atoms with Crippen LogP contribution in [0.5, 0.6) is 0 Å². The van der Waals surface area contributed by atoms with Crippen molar-refractivity contribution in [3.8, 4) is 0 Å². The molecule has 0 N–H and O–H groups in total. The van der Waals surface area contributed by atoms with Crippen LogP contribution in [0.3, 0.4) is 0 Å². The second kappa shape index (κ2) is 6.13. The Morgan fingerprint density at radius 2 is 2.14 bits per heavy atom. The molecular weight excluding hydrogens is 276 g/mol. The van der Waals surface area contributed by atoms with Crippen molar-refractivity contribution in [1.82, 2.24) is 14.9 Å². The molecular formula is C17H26N4O. The molecule has 2 aliphatic carbocycles. The van der Waals surface area contributed by atoms with Gasteiger partial charge in [-0.2, -0.15) is 0 Å². The Labute approximate surface area is 132 Å². The van der Waals surface area contributed by atoms with E-state index in [9.17, 15) is 0 Å². The topological polar surface area (TPSA) is 41.5 Å². The van der Waals surface area contributed by atoms with Crippen LogP contribution in [0.25, 0.3) is 0 Å². The van der Waals surface area contributed by atoms with E-state index in [1.807, 2.05) is 12.3 Å². The lowest BCUT2D eigenvalue weighted by atomic mass is 10.2. The molecule has 2 saturated carbocycles. The fraction of sp³-hybridized carbons (Fsp3) is 0.765. The quantitative estimate of drug-likeness (QED) is 0.803. The van der Waals surface area contributed by atoms with E-state index < -0.39 is 0 Å². The van der Waals surface area contributed by atoms with Gasteiger partial charge in [0, 0.05) is 38.3 Å². The van der Waals surface area contributed by atoms with Crippen molar-refractivity contribution in [2.24, 2.45) is 5.92 Å². The lowest BCUT2D eigenvalue weighted by Gasteiger charge is -2.35. The zero-order valence-electron chi connectivity index (χ0n) is 13.4. The molecule has 120 valence electrons. The van der Waals surface area contributed by atoms with E-state index >= 15 is 0 Å². The Bertz CT molecular complexity index is 515. The number of anilines is 1. The lowest BCUT2D eigenvalue weighted by Crippen LogP contribution is -2.47. The lowest BCUT2D eigenvalue weighted by molar-refractivity contribution is 0.0197. The smallest absolute Gasteiger partial charge is 0.133 e. The van der Waals surface area contributed by atoms with E-state index in [1.165, 1.54) is 32.2 Å². The minimum atomic E-state index is 0.289. The van der Waals surface area contributed by atoms with E-state index in [0.717, 1.165) is 43.8 Å². The zero-order chi connectivity index (χ0) is 14.9. The van der Waals surface area contributed by atoms with Crippen molar-refractivity contribution in [3.63, 3.8) is 0 Å². The van der Waals surface area contributed by atoms with Gasteiger partial charge in [0.1, 0.15) is 11.6 Å². The minimum Gasteiger partial charge on any atom is -0.373 e. The van der Waals surface area contributed by atoms with Gasteiger partial charge in [0.2, 0.25) is 0 Å². The first-order valence-electron chi connectivity index (χ1n) is 8.66. The molecule has 1 saturated heterocycles. The van der Waals surface area contributed by atoms with Crippen molar-refractivity contribution >= 4 is 5.82 Å².